The Kier molecular flexibility index (Phi) is 5.11. The zero-order chi connectivity index (χ0) is 17.1. The fourth-order valence-corrected chi connectivity index (χ4v) is 2.87. The molecule has 8 heteroatoms. The van der Waals surface area contributed by atoms with Gasteiger partial charge in [-0.1, -0.05) is 18.5 Å². The van der Waals surface area contributed by atoms with E-state index in [1.807, 2.05) is 18.5 Å². The first-order chi connectivity index (χ1) is 11.5. The van der Waals surface area contributed by atoms with E-state index < -0.39 is 0 Å². The highest BCUT2D eigenvalue weighted by Gasteiger charge is 2.24. The summed E-state index contributed by atoms with van der Waals surface area (Å²) in [6, 6.07) is 3.24. The Morgan fingerprint density at radius 3 is 3.04 bits per heavy atom. The summed E-state index contributed by atoms with van der Waals surface area (Å²) < 4.78 is 1.95. The summed E-state index contributed by atoms with van der Waals surface area (Å²) >= 11 is 5.79. The predicted molar refractivity (Wildman–Crippen MR) is 92.0 cm³/mol. The SMILES string of the molecule is CCc1nc2n(n1)C[C@H](N[C@@H](C)C(=O)Nc1ccc(Cl)cn1)CC2. The van der Waals surface area contributed by atoms with Gasteiger partial charge in [-0.25, -0.2) is 14.6 Å². The normalized spacial score (nSPS) is 18.0. The van der Waals surface area contributed by atoms with Crippen LogP contribution in [0, 0.1) is 0 Å². The van der Waals surface area contributed by atoms with Gasteiger partial charge in [-0.2, -0.15) is 5.10 Å². The lowest BCUT2D eigenvalue weighted by atomic mass is 10.1. The molecule has 0 fully saturated rings. The smallest absolute Gasteiger partial charge is 0.242 e. The summed E-state index contributed by atoms with van der Waals surface area (Å²) in [6.45, 7) is 4.63. The number of carbonyl (C=O) groups is 1. The van der Waals surface area contributed by atoms with Crippen molar-refractivity contribution in [3.8, 4) is 0 Å². The van der Waals surface area contributed by atoms with E-state index in [0.29, 0.717) is 10.8 Å². The van der Waals surface area contributed by atoms with E-state index in [4.69, 9.17) is 11.6 Å². The van der Waals surface area contributed by atoms with Crippen molar-refractivity contribution >= 4 is 23.3 Å². The van der Waals surface area contributed by atoms with E-state index in [2.05, 4.69) is 25.7 Å². The Morgan fingerprint density at radius 2 is 2.33 bits per heavy atom. The molecule has 2 aromatic heterocycles. The van der Waals surface area contributed by atoms with E-state index in [0.717, 1.165) is 37.5 Å². The number of aryl methyl sites for hydroxylation is 2. The van der Waals surface area contributed by atoms with E-state index in [1.54, 1.807) is 12.1 Å². The molecule has 2 N–H and O–H groups in total. The van der Waals surface area contributed by atoms with Crippen LogP contribution in [0.5, 0.6) is 0 Å². The molecule has 1 aliphatic heterocycles. The van der Waals surface area contributed by atoms with Crippen LogP contribution in [0.3, 0.4) is 0 Å². The van der Waals surface area contributed by atoms with Crippen molar-refractivity contribution in [2.24, 2.45) is 0 Å². The van der Waals surface area contributed by atoms with Gasteiger partial charge in [0.05, 0.1) is 17.6 Å². The molecule has 3 rings (SSSR count). The number of nitrogens with one attached hydrogen (secondary N) is 2. The Balaban J connectivity index is 1.55. The number of aromatic nitrogens is 4. The summed E-state index contributed by atoms with van der Waals surface area (Å²) in [6.07, 6.45) is 4.16. The van der Waals surface area contributed by atoms with Crippen LogP contribution < -0.4 is 10.6 Å². The summed E-state index contributed by atoms with van der Waals surface area (Å²) in [7, 11) is 0. The number of halogens is 1. The van der Waals surface area contributed by atoms with Gasteiger partial charge in [0.2, 0.25) is 5.91 Å². The molecule has 0 unspecified atom stereocenters. The standard InChI is InChI=1S/C16H21ClN6O/c1-3-13-20-15-7-5-12(9-23(15)22-13)19-10(2)16(24)21-14-6-4-11(17)8-18-14/h4,6,8,10,12,19H,3,5,7,9H2,1-2H3,(H,18,21,24)/t10-,12+/m0/s1. The molecular weight excluding hydrogens is 328 g/mol. The Hall–Kier alpha value is -1.99. The Bertz CT molecular complexity index is 714. The number of carbonyl (C=O) groups excluding carboxylic acids is 1. The van der Waals surface area contributed by atoms with Crippen LogP contribution >= 0.6 is 11.6 Å². The largest absolute Gasteiger partial charge is 0.309 e. The maximum absolute atomic E-state index is 12.3. The topological polar surface area (TPSA) is 84.7 Å². The highest BCUT2D eigenvalue weighted by Crippen LogP contribution is 2.14. The van der Waals surface area contributed by atoms with Crippen LogP contribution in [0.15, 0.2) is 18.3 Å². The van der Waals surface area contributed by atoms with Crippen LogP contribution in [-0.4, -0.2) is 37.7 Å². The van der Waals surface area contributed by atoms with Gasteiger partial charge in [-0.15, -0.1) is 0 Å². The highest BCUT2D eigenvalue weighted by atomic mass is 35.5. The Morgan fingerprint density at radius 1 is 1.50 bits per heavy atom. The predicted octanol–water partition coefficient (Wildman–Crippen LogP) is 1.82. The van der Waals surface area contributed by atoms with Crippen LogP contribution in [-0.2, 0) is 24.2 Å². The zero-order valence-corrected chi connectivity index (χ0v) is 14.5. The van der Waals surface area contributed by atoms with Crippen LogP contribution in [0.1, 0.15) is 31.9 Å². The second kappa shape index (κ2) is 7.27. The quantitative estimate of drug-likeness (QED) is 0.861. The molecule has 2 atom stereocenters. The molecular formula is C16H21ClN6O. The van der Waals surface area contributed by atoms with Gasteiger partial charge in [-0.3, -0.25) is 4.79 Å². The van der Waals surface area contributed by atoms with Crippen molar-refractivity contribution in [2.75, 3.05) is 5.32 Å². The first-order valence-electron chi connectivity index (χ1n) is 8.16. The van der Waals surface area contributed by atoms with Crippen molar-refractivity contribution in [3.05, 3.63) is 35.0 Å². The minimum atomic E-state index is -0.330. The molecule has 7 nitrogen and oxygen atoms in total. The first-order valence-corrected chi connectivity index (χ1v) is 8.54. The number of amides is 1. The third kappa shape index (κ3) is 3.91. The average molecular weight is 349 g/mol. The summed E-state index contributed by atoms with van der Waals surface area (Å²) in [5.74, 6) is 2.29. The molecule has 0 aromatic carbocycles. The first kappa shape index (κ1) is 16.9. The lowest BCUT2D eigenvalue weighted by Gasteiger charge is -2.26. The molecule has 0 saturated heterocycles. The van der Waals surface area contributed by atoms with E-state index >= 15 is 0 Å². The lowest BCUT2D eigenvalue weighted by Crippen LogP contribution is -2.47. The monoisotopic (exact) mass is 348 g/mol. The summed E-state index contributed by atoms with van der Waals surface area (Å²) in [5.41, 5.74) is 0. The third-order valence-electron chi connectivity index (χ3n) is 4.08. The second-order valence-corrected chi connectivity index (χ2v) is 6.39. The van der Waals surface area contributed by atoms with Crippen molar-refractivity contribution in [2.45, 2.75) is 51.7 Å². The van der Waals surface area contributed by atoms with Crippen molar-refractivity contribution in [3.63, 3.8) is 0 Å². The fraction of sp³-hybridized carbons (Fsp3) is 0.500. The number of hydrogen-bond donors (Lipinski definition) is 2. The molecule has 1 aliphatic rings. The van der Waals surface area contributed by atoms with Crippen LogP contribution in [0.25, 0.3) is 0 Å². The summed E-state index contributed by atoms with van der Waals surface area (Å²) in [5, 5.41) is 11.2. The molecule has 0 spiro atoms. The minimum absolute atomic E-state index is 0.122. The van der Waals surface area contributed by atoms with E-state index in [1.165, 1.54) is 6.20 Å². The number of nitrogens with zero attached hydrogens (tertiary/aromatic N) is 4. The van der Waals surface area contributed by atoms with Gasteiger partial charge in [0.15, 0.2) is 5.82 Å². The molecule has 1 amide bonds. The van der Waals surface area contributed by atoms with Crippen molar-refractivity contribution in [1.82, 2.24) is 25.1 Å². The summed E-state index contributed by atoms with van der Waals surface area (Å²) in [4.78, 5) is 20.9. The molecule has 0 radical (unpaired) electrons. The number of anilines is 1. The van der Waals surface area contributed by atoms with Gasteiger partial charge in [0.1, 0.15) is 11.6 Å². The molecule has 0 saturated carbocycles. The molecule has 0 aliphatic carbocycles. The molecule has 3 heterocycles. The lowest BCUT2D eigenvalue weighted by molar-refractivity contribution is -0.118. The average Bonchev–Trinajstić information content (AvgIpc) is 2.99. The maximum atomic E-state index is 12.3. The molecule has 128 valence electrons. The number of fused-ring (bicyclic) bond motifs is 1. The van der Waals surface area contributed by atoms with Gasteiger partial charge in [-0.05, 0) is 25.5 Å². The number of hydrogen-bond acceptors (Lipinski definition) is 5. The van der Waals surface area contributed by atoms with Gasteiger partial charge >= 0.3 is 0 Å². The number of rotatable bonds is 5. The minimum Gasteiger partial charge on any atom is -0.309 e. The van der Waals surface area contributed by atoms with Gasteiger partial charge < -0.3 is 10.6 Å². The Labute approximate surface area is 145 Å². The van der Waals surface area contributed by atoms with E-state index in [9.17, 15) is 4.79 Å². The fourth-order valence-electron chi connectivity index (χ4n) is 2.76. The van der Waals surface area contributed by atoms with Gasteiger partial charge in [0.25, 0.3) is 0 Å². The molecule has 2 aromatic rings. The van der Waals surface area contributed by atoms with E-state index in [-0.39, 0.29) is 18.0 Å². The van der Waals surface area contributed by atoms with Crippen LogP contribution in [0.4, 0.5) is 5.82 Å². The maximum Gasteiger partial charge on any atom is 0.242 e. The highest BCUT2D eigenvalue weighted by molar-refractivity contribution is 6.30. The van der Waals surface area contributed by atoms with Crippen molar-refractivity contribution < 1.29 is 4.79 Å². The van der Waals surface area contributed by atoms with Crippen LogP contribution in [0.2, 0.25) is 5.02 Å². The molecule has 0 bridgehead atoms. The van der Waals surface area contributed by atoms with Crippen molar-refractivity contribution in [1.29, 1.82) is 0 Å². The zero-order valence-electron chi connectivity index (χ0n) is 13.8. The number of pyridine rings is 1. The second-order valence-electron chi connectivity index (χ2n) is 5.95. The third-order valence-corrected chi connectivity index (χ3v) is 4.30. The molecule has 24 heavy (non-hydrogen) atoms. The van der Waals surface area contributed by atoms with Gasteiger partial charge in [0, 0.05) is 25.1 Å².